The number of aromatic nitrogens is 2. The molecule has 0 spiro atoms. The van der Waals surface area contributed by atoms with Crippen LogP contribution in [0.2, 0.25) is 0 Å². The Morgan fingerprint density at radius 3 is 1.93 bits per heavy atom. The van der Waals surface area contributed by atoms with Gasteiger partial charge < -0.3 is 23.9 Å². The van der Waals surface area contributed by atoms with Gasteiger partial charge in [0.25, 0.3) is 0 Å². The molecule has 1 heterocycles. The van der Waals surface area contributed by atoms with Crippen molar-refractivity contribution in [3.8, 4) is 28.7 Å². The molecule has 1 N–H and O–H groups in total. The van der Waals surface area contributed by atoms with Crippen molar-refractivity contribution in [2.24, 2.45) is 0 Å². The Kier molecular flexibility index (Phi) is 7.97. The molecule has 3 rings (SSSR count). The van der Waals surface area contributed by atoms with Gasteiger partial charge in [-0.25, -0.2) is 4.39 Å². The van der Waals surface area contributed by atoms with Crippen LogP contribution in [0.3, 0.4) is 0 Å². The molecule has 0 atom stereocenters. The highest BCUT2D eigenvalue weighted by Crippen LogP contribution is 2.26. The van der Waals surface area contributed by atoms with Crippen molar-refractivity contribution in [3.63, 3.8) is 0 Å². The van der Waals surface area contributed by atoms with Crippen LogP contribution < -0.4 is 10.1 Å². The fraction of sp³-hybridized carbons (Fsp3) is 0.333. The Hall–Kier alpha value is -2.97. The van der Waals surface area contributed by atoms with Gasteiger partial charge in [0.05, 0.1) is 26.4 Å². The fourth-order valence-corrected chi connectivity index (χ4v) is 2.52. The molecule has 0 aliphatic carbocycles. The molecule has 0 radical (unpaired) electrons. The maximum atomic E-state index is 11.9. The van der Waals surface area contributed by atoms with Crippen molar-refractivity contribution in [1.29, 1.82) is 0 Å². The van der Waals surface area contributed by atoms with Crippen LogP contribution in [-0.4, -0.2) is 57.0 Å². The van der Waals surface area contributed by atoms with Crippen molar-refractivity contribution < 1.29 is 23.0 Å². The lowest BCUT2D eigenvalue weighted by Gasteiger charge is -2.07. The number of anilines is 1. The van der Waals surface area contributed by atoms with Gasteiger partial charge in [-0.1, -0.05) is 0 Å². The maximum Gasteiger partial charge on any atom is 0.248 e. The highest BCUT2D eigenvalue weighted by atomic mass is 19.1. The van der Waals surface area contributed by atoms with Gasteiger partial charge in [0.2, 0.25) is 11.8 Å². The summed E-state index contributed by atoms with van der Waals surface area (Å²) in [5, 5.41) is 11.3. The fourth-order valence-electron chi connectivity index (χ4n) is 2.52. The molecule has 0 bridgehead atoms. The third-order valence-electron chi connectivity index (χ3n) is 4.04. The minimum atomic E-state index is -0.478. The van der Waals surface area contributed by atoms with Crippen LogP contribution in [0.5, 0.6) is 5.75 Å². The number of nitrogens with zero attached hydrogens (tertiary/aromatic N) is 2. The van der Waals surface area contributed by atoms with Crippen molar-refractivity contribution in [3.05, 3.63) is 48.5 Å². The van der Waals surface area contributed by atoms with Gasteiger partial charge in [-0.15, -0.1) is 10.2 Å². The second-order valence-electron chi connectivity index (χ2n) is 6.03. The number of rotatable bonds is 12. The Morgan fingerprint density at radius 1 is 0.793 bits per heavy atom. The molecule has 29 heavy (non-hydrogen) atoms. The second-order valence-corrected chi connectivity index (χ2v) is 6.03. The largest absolute Gasteiger partial charge is 0.491 e. The molecule has 0 aliphatic heterocycles. The summed E-state index contributed by atoms with van der Waals surface area (Å²) in [7, 11) is 1.87. The van der Waals surface area contributed by atoms with Crippen LogP contribution in [0.25, 0.3) is 22.9 Å². The van der Waals surface area contributed by atoms with E-state index in [-0.39, 0.29) is 6.61 Å². The van der Waals surface area contributed by atoms with Gasteiger partial charge in [-0.05, 0) is 48.5 Å². The lowest BCUT2D eigenvalue weighted by molar-refractivity contribution is 0.0325. The first-order valence-electron chi connectivity index (χ1n) is 9.36. The van der Waals surface area contributed by atoms with Crippen LogP contribution >= 0.6 is 0 Å². The van der Waals surface area contributed by atoms with Gasteiger partial charge in [-0.3, -0.25) is 0 Å². The Bertz CT molecular complexity index is 853. The van der Waals surface area contributed by atoms with E-state index in [2.05, 4.69) is 15.5 Å². The topological polar surface area (TPSA) is 78.6 Å². The number of hydrogen-bond donors (Lipinski definition) is 1. The average molecular weight is 401 g/mol. The summed E-state index contributed by atoms with van der Waals surface area (Å²) >= 11 is 0. The van der Waals surface area contributed by atoms with Gasteiger partial charge in [0.15, 0.2) is 0 Å². The minimum absolute atomic E-state index is 0.108. The number of nitrogens with one attached hydrogen (secondary N) is 1. The third-order valence-corrected chi connectivity index (χ3v) is 4.04. The summed E-state index contributed by atoms with van der Waals surface area (Å²) in [5.74, 6) is 1.63. The lowest BCUT2D eigenvalue weighted by atomic mass is 10.2. The predicted octanol–water partition coefficient (Wildman–Crippen LogP) is 3.83. The predicted molar refractivity (Wildman–Crippen MR) is 108 cm³/mol. The quantitative estimate of drug-likeness (QED) is 0.462. The zero-order valence-corrected chi connectivity index (χ0v) is 16.3. The van der Waals surface area contributed by atoms with Crippen molar-refractivity contribution in [2.45, 2.75) is 0 Å². The highest BCUT2D eigenvalue weighted by Gasteiger charge is 2.10. The van der Waals surface area contributed by atoms with Crippen LogP contribution in [0.4, 0.5) is 10.1 Å². The van der Waals surface area contributed by atoms with E-state index >= 15 is 0 Å². The normalized spacial score (nSPS) is 10.8. The zero-order chi connectivity index (χ0) is 20.3. The van der Waals surface area contributed by atoms with E-state index in [9.17, 15) is 4.39 Å². The first-order valence-corrected chi connectivity index (χ1v) is 9.36. The number of hydrogen-bond acceptors (Lipinski definition) is 7. The van der Waals surface area contributed by atoms with Crippen molar-refractivity contribution >= 4 is 5.69 Å². The second kappa shape index (κ2) is 11.1. The highest BCUT2D eigenvalue weighted by molar-refractivity contribution is 5.61. The van der Waals surface area contributed by atoms with Gasteiger partial charge in [-0.2, -0.15) is 0 Å². The first kappa shape index (κ1) is 20.8. The van der Waals surface area contributed by atoms with Gasteiger partial charge in [0, 0.05) is 23.9 Å². The summed E-state index contributed by atoms with van der Waals surface area (Å²) < 4.78 is 33.6. The summed E-state index contributed by atoms with van der Waals surface area (Å²) in [6.07, 6.45) is 0. The summed E-state index contributed by atoms with van der Waals surface area (Å²) in [6.45, 7) is 1.27. The molecule has 0 fully saturated rings. The summed E-state index contributed by atoms with van der Waals surface area (Å²) in [4.78, 5) is 0. The Morgan fingerprint density at radius 2 is 1.34 bits per heavy atom. The summed E-state index contributed by atoms with van der Waals surface area (Å²) in [6, 6.07) is 15.2. The molecule has 1 aromatic heterocycles. The van der Waals surface area contributed by atoms with Crippen LogP contribution in [-0.2, 0) is 9.47 Å². The molecule has 0 aliphatic rings. The molecular weight excluding hydrogens is 377 g/mol. The molecule has 7 nitrogen and oxygen atoms in total. The molecule has 0 saturated heterocycles. The Balaban J connectivity index is 1.47. The molecular formula is C21H24FN3O4. The molecule has 154 valence electrons. The average Bonchev–Trinajstić information content (AvgIpc) is 3.26. The molecule has 2 aromatic carbocycles. The van der Waals surface area contributed by atoms with E-state index in [1.807, 2.05) is 55.6 Å². The van der Waals surface area contributed by atoms with E-state index in [4.69, 9.17) is 18.6 Å². The number of halogens is 1. The minimum Gasteiger partial charge on any atom is -0.491 e. The molecule has 0 amide bonds. The molecule has 0 saturated carbocycles. The van der Waals surface area contributed by atoms with E-state index in [0.29, 0.717) is 44.0 Å². The number of alkyl halides is 1. The Labute approximate surface area is 168 Å². The van der Waals surface area contributed by atoms with Crippen LogP contribution in [0, 0.1) is 0 Å². The third kappa shape index (κ3) is 6.27. The van der Waals surface area contributed by atoms with Gasteiger partial charge >= 0.3 is 0 Å². The standard InChI is InChI=1S/C21H24FN3O4/c1-23-18-6-2-16(3-7-18)20-24-25-21(29-20)17-4-8-19(9-5-17)28-15-14-27-13-12-26-11-10-22/h2-9,23H,10-15H2,1H3. The monoisotopic (exact) mass is 401 g/mol. The van der Waals surface area contributed by atoms with E-state index in [0.717, 1.165) is 16.8 Å². The number of benzene rings is 2. The lowest BCUT2D eigenvalue weighted by Crippen LogP contribution is -2.11. The van der Waals surface area contributed by atoms with Gasteiger partial charge in [0.1, 0.15) is 19.0 Å². The van der Waals surface area contributed by atoms with Crippen molar-refractivity contribution in [1.82, 2.24) is 10.2 Å². The maximum absolute atomic E-state index is 11.9. The van der Waals surface area contributed by atoms with E-state index < -0.39 is 6.67 Å². The first-order chi connectivity index (χ1) is 14.3. The molecule has 3 aromatic rings. The van der Waals surface area contributed by atoms with Crippen LogP contribution in [0.15, 0.2) is 52.9 Å². The SMILES string of the molecule is CNc1ccc(-c2nnc(-c3ccc(OCCOCCOCCF)cc3)o2)cc1. The van der Waals surface area contributed by atoms with Crippen LogP contribution in [0.1, 0.15) is 0 Å². The summed E-state index contributed by atoms with van der Waals surface area (Å²) in [5.41, 5.74) is 2.68. The van der Waals surface area contributed by atoms with E-state index in [1.54, 1.807) is 0 Å². The molecule has 0 unspecified atom stereocenters. The number of ether oxygens (including phenoxy) is 3. The zero-order valence-electron chi connectivity index (χ0n) is 16.3. The molecule has 8 heteroatoms. The smallest absolute Gasteiger partial charge is 0.248 e. The van der Waals surface area contributed by atoms with E-state index in [1.165, 1.54) is 0 Å². The van der Waals surface area contributed by atoms with Crippen molar-refractivity contribution in [2.75, 3.05) is 52.1 Å².